The second-order valence-corrected chi connectivity index (χ2v) is 19.2. The number of halogens is 1. The summed E-state index contributed by atoms with van der Waals surface area (Å²) < 4.78 is 14.5. The van der Waals surface area contributed by atoms with E-state index in [1.54, 1.807) is 34.0 Å². The van der Waals surface area contributed by atoms with Gasteiger partial charge in [-0.05, 0) is 80.2 Å². The molecule has 5 aliphatic rings. The third kappa shape index (κ3) is 6.06. The molecule has 5 aromatic rings. The number of aromatic nitrogens is 2. The van der Waals surface area contributed by atoms with Gasteiger partial charge >= 0.3 is 0 Å². The van der Waals surface area contributed by atoms with E-state index in [4.69, 9.17) is 26.2 Å². The van der Waals surface area contributed by atoms with E-state index in [9.17, 15) is 14.7 Å². The minimum atomic E-state index is -1.38. The summed E-state index contributed by atoms with van der Waals surface area (Å²) in [7, 11) is 4.70. The van der Waals surface area contributed by atoms with Crippen LogP contribution >= 0.6 is 22.9 Å². The number of amides is 4. The molecule has 3 aromatic carbocycles. The van der Waals surface area contributed by atoms with Gasteiger partial charge in [0.2, 0.25) is 23.6 Å². The number of aromatic hydroxyl groups is 1. The van der Waals surface area contributed by atoms with E-state index in [-0.39, 0.29) is 41.5 Å². The molecule has 1 saturated carbocycles. The number of nitrogens with zero attached hydrogens (tertiary/aromatic N) is 5. The van der Waals surface area contributed by atoms with Crippen molar-refractivity contribution in [2.75, 3.05) is 32.2 Å². The van der Waals surface area contributed by atoms with Gasteiger partial charge in [-0.25, -0.2) is 4.90 Å². The molecule has 10 rings (SSSR count). The molecule has 0 radical (unpaired) electrons. The van der Waals surface area contributed by atoms with Gasteiger partial charge in [0.1, 0.15) is 28.8 Å². The number of thiophene rings is 1. The van der Waals surface area contributed by atoms with Gasteiger partial charge in [-0.15, -0.1) is 11.3 Å². The normalized spacial score (nSPS) is 26.5. The third-order valence-electron chi connectivity index (χ3n) is 14.5. The number of hydrogen-bond donors (Lipinski definition) is 1. The van der Waals surface area contributed by atoms with Gasteiger partial charge in [0.05, 0.1) is 42.3 Å². The van der Waals surface area contributed by atoms with Gasteiger partial charge in [-0.2, -0.15) is 5.10 Å². The first-order valence-electron chi connectivity index (χ1n) is 21.2. The lowest BCUT2D eigenvalue weighted by molar-refractivity contribution is -0.144. The summed E-state index contributed by atoms with van der Waals surface area (Å²) in [5.41, 5.74) is 2.77. The van der Waals surface area contributed by atoms with Crippen molar-refractivity contribution in [3.8, 4) is 27.8 Å². The number of imide groups is 2. The summed E-state index contributed by atoms with van der Waals surface area (Å²) in [6.07, 6.45) is 3.92. The van der Waals surface area contributed by atoms with E-state index in [0.717, 1.165) is 45.7 Å². The molecule has 14 heteroatoms. The fraction of sp³-hybridized carbons (Fsp3) is 0.396. The largest absolute Gasteiger partial charge is 0.508 e. The summed E-state index contributed by atoms with van der Waals surface area (Å²) in [4.78, 5) is 66.1. The van der Waals surface area contributed by atoms with Crippen LogP contribution < -0.4 is 14.4 Å². The van der Waals surface area contributed by atoms with E-state index in [0.29, 0.717) is 41.4 Å². The molecular weight excluding hydrogens is 826 g/mol. The molecule has 12 nitrogen and oxygen atoms in total. The van der Waals surface area contributed by atoms with Crippen LogP contribution in [0.2, 0.25) is 5.02 Å². The minimum Gasteiger partial charge on any atom is -0.508 e. The number of hydrogen-bond acceptors (Lipinski definition) is 10. The van der Waals surface area contributed by atoms with Crippen molar-refractivity contribution >= 4 is 62.5 Å². The van der Waals surface area contributed by atoms with Gasteiger partial charge in [0, 0.05) is 72.1 Å². The Bertz CT molecular complexity index is 2700. The summed E-state index contributed by atoms with van der Waals surface area (Å²) in [6, 6.07) is 20.6. The standard InChI is InChI=1S/C48H48ClN5O7S/c1-25-32-19-27(49)11-14-38(32)62-43(25)35-23-39(51(3)50-35)54-45(57)34-22-33-30(42(48(34,2)47(54)59)41-36(60-4)20-29(55)21-37(41)61-5)12-13-31-40(33)46(58)53(44(31)56)28-15-17-52(18-16-28)24-26-9-7-6-8-10-26/h6-12,14,19-21,23,28,31,33-34,40,42,55H,13,15-18,22,24H2,1-5H3/t31-,33+,34-,40-,42+,48+/m0/s1. The van der Waals surface area contributed by atoms with Crippen LogP contribution in [-0.4, -0.2) is 81.7 Å². The van der Waals surface area contributed by atoms with Crippen molar-refractivity contribution in [1.82, 2.24) is 19.6 Å². The van der Waals surface area contributed by atoms with Crippen LogP contribution in [0.5, 0.6) is 17.2 Å². The van der Waals surface area contributed by atoms with Crippen molar-refractivity contribution in [2.45, 2.75) is 58.0 Å². The van der Waals surface area contributed by atoms with Gasteiger partial charge in [0.25, 0.3) is 0 Å². The Morgan fingerprint density at radius 3 is 2.32 bits per heavy atom. The lowest BCUT2D eigenvalue weighted by Crippen LogP contribution is -2.49. The number of carbonyl (C=O) groups is 4. The molecule has 320 valence electrons. The third-order valence-corrected chi connectivity index (χ3v) is 16.0. The zero-order chi connectivity index (χ0) is 43.4. The number of fused-ring (bicyclic) bond motifs is 5. The predicted molar refractivity (Wildman–Crippen MR) is 236 cm³/mol. The molecule has 62 heavy (non-hydrogen) atoms. The smallest absolute Gasteiger partial charge is 0.242 e. The van der Waals surface area contributed by atoms with E-state index < -0.39 is 46.8 Å². The van der Waals surface area contributed by atoms with Crippen molar-refractivity contribution in [1.29, 1.82) is 0 Å². The maximum absolute atomic E-state index is 15.4. The number of methoxy groups -OCH3 is 2. The molecule has 0 spiro atoms. The molecule has 0 bridgehead atoms. The highest BCUT2D eigenvalue weighted by atomic mass is 35.5. The topological polar surface area (TPSA) is 135 Å². The van der Waals surface area contributed by atoms with Gasteiger partial charge in [0.15, 0.2) is 0 Å². The van der Waals surface area contributed by atoms with Gasteiger partial charge in [-0.3, -0.25) is 33.7 Å². The average molecular weight is 874 g/mol. The molecule has 1 N–H and O–H groups in total. The zero-order valence-corrected chi connectivity index (χ0v) is 36.8. The van der Waals surface area contributed by atoms with E-state index in [1.807, 2.05) is 56.3 Å². The molecule has 6 atom stereocenters. The first-order chi connectivity index (χ1) is 29.8. The Morgan fingerprint density at radius 2 is 1.63 bits per heavy atom. The highest BCUT2D eigenvalue weighted by Gasteiger charge is 2.69. The first-order valence-corrected chi connectivity index (χ1v) is 22.4. The van der Waals surface area contributed by atoms with Crippen molar-refractivity contribution in [2.24, 2.45) is 36.1 Å². The van der Waals surface area contributed by atoms with Crippen LogP contribution in [0.25, 0.3) is 20.7 Å². The number of likely N-dealkylation sites (tertiary alicyclic amines) is 2. The van der Waals surface area contributed by atoms with E-state index in [2.05, 4.69) is 17.0 Å². The Balaban J connectivity index is 1.03. The number of aryl methyl sites for hydroxylation is 2. The summed E-state index contributed by atoms with van der Waals surface area (Å²) in [5, 5.41) is 17.3. The number of allylic oxidation sites excluding steroid dienone is 2. The van der Waals surface area contributed by atoms with Crippen LogP contribution in [0.3, 0.4) is 0 Å². The van der Waals surface area contributed by atoms with Crippen LogP contribution in [0.1, 0.15) is 55.2 Å². The van der Waals surface area contributed by atoms with Crippen LogP contribution in [0, 0.1) is 36.0 Å². The molecule has 3 aliphatic heterocycles. The molecular formula is C48H48ClN5O7S. The number of benzene rings is 3. The van der Waals surface area contributed by atoms with E-state index in [1.165, 1.54) is 36.8 Å². The number of piperidine rings is 1. The number of phenols is 1. The average Bonchev–Trinajstić information content (AvgIpc) is 3.94. The predicted octanol–water partition coefficient (Wildman–Crippen LogP) is 7.88. The fourth-order valence-corrected chi connectivity index (χ4v) is 12.8. The summed E-state index contributed by atoms with van der Waals surface area (Å²) in [6.45, 7) is 6.18. The number of phenolic OH excluding ortho intramolecular Hbond substituents is 1. The summed E-state index contributed by atoms with van der Waals surface area (Å²) >= 11 is 7.93. The maximum atomic E-state index is 15.4. The van der Waals surface area contributed by atoms with Gasteiger partial charge in [-0.1, -0.05) is 53.6 Å². The lowest BCUT2D eigenvalue weighted by Gasteiger charge is -2.49. The van der Waals surface area contributed by atoms with Crippen molar-refractivity contribution in [3.63, 3.8) is 0 Å². The number of ether oxygens (including phenoxy) is 2. The monoisotopic (exact) mass is 873 g/mol. The van der Waals surface area contributed by atoms with Crippen molar-refractivity contribution < 1.29 is 33.8 Å². The van der Waals surface area contributed by atoms with Crippen LogP contribution in [-0.2, 0) is 32.8 Å². The van der Waals surface area contributed by atoms with E-state index >= 15 is 9.59 Å². The fourth-order valence-electron chi connectivity index (χ4n) is 11.5. The highest BCUT2D eigenvalue weighted by molar-refractivity contribution is 7.22. The zero-order valence-electron chi connectivity index (χ0n) is 35.3. The molecule has 2 aliphatic carbocycles. The highest BCUT2D eigenvalue weighted by Crippen LogP contribution is 2.66. The molecule has 2 aromatic heterocycles. The summed E-state index contributed by atoms with van der Waals surface area (Å²) in [5.74, 6) is -3.83. The van der Waals surface area contributed by atoms with Crippen LogP contribution in [0.15, 0.2) is 78.4 Å². The van der Waals surface area contributed by atoms with Gasteiger partial charge < -0.3 is 14.6 Å². The first kappa shape index (κ1) is 40.6. The minimum absolute atomic E-state index is 0.0899. The number of anilines is 1. The molecule has 3 saturated heterocycles. The Morgan fingerprint density at radius 1 is 0.919 bits per heavy atom. The Labute approximate surface area is 368 Å². The molecule has 4 amide bonds. The lowest BCUT2D eigenvalue weighted by atomic mass is 9.51. The maximum Gasteiger partial charge on any atom is 0.242 e. The number of carbonyl (C=O) groups excluding carboxylic acids is 4. The number of rotatable bonds is 8. The quantitative estimate of drug-likeness (QED) is 0.122. The van der Waals surface area contributed by atoms with Crippen LogP contribution in [0.4, 0.5) is 5.82 Å². The Kier molecular flexibility index (Phi) is 9.88. The second-order valence-electron chi connectivity index (χ2n) is 17.7. The van der Waals surface area contributed by atoms with Crippen molar-refractivity contribution in [3.05, 3.63) is 100 Å². The SMILES string of the molecule is COc1cc(O)cc(OC)c1[C@H]1C2=CC[C@@H]3C(=O)N(C4CCN(Cc5ccccc5)CC4)C(=O)[C@@H]3[C@@H]2C[C@H]2C(=O)N(c3cc(-c4sc5ccc(Cl)cc5c4C)nn3C)C(=O)[C@@]12C. The molecule has 4 fully saturated rings. The Hall–Kier alpha value is -5.50. The molecule has 5 heterocycles. The molecule has 0 unspecified atom stereocenters. The second kappa shape index (κ2) is 15.1.